The van der Waals surface area contributed by atoms with Crippen LogP contribution in [0.4, 0.5) is 5.69 Å². The fraction of sp³-hybridized carbons (Fsp3) is 0.154. The molecule has 4 rings (SSSR count). The Morgan fingerprint density at radius 2 is 1.53 bits per heavy atom. The van der Waals surface area contributed by atoms with Gasteiger partial charge in [0.1, 0.15) is 12.4 Å². The third kappa shape index (κ3) is 5.16. The fourth-order valence-electron chi connectivity index (χ4n) is 3.20. The van der Waals surface area contributed by atoms with E-state index < -0.39 is 17.7 Å². The van der Waals surface area contributed by atoms with E-state index in [1.165, 1.54) is 20.0 Å². The second-order valence-corrected chi connectivity index (χ2v) is 7.76. The lowest BCUT2D eigenvalue weighted by Crippen LogP contribution is -2.42. The highest BCUT2D eigenvalue weighted by Crippen LogP contribution is 2.26. The van der Waals surface area contributed by atoms with Gasteiger partial charge in [0, 0.05) is 25.7 Å². The summed E-state index contributed by atoms with van der Waals surface area (Å²) in [6.07, 6.45) is 1.30. The van der Waals surface area contributed by atoms with Gasteiger partial charge in [-0.1, -0.05) is 54.6 Å². The summed E-state index contributed by atoms with van der Waals surface area (Å²) >= 11 is 0. The summed E-state index contributed by atoms with van der Waals surface area (Å²) < 4.78 is 16.1. The molecule has 0 spiro atoms. The molecule has 3 aromatic carbocycles. The largest absolute Gasteiger partial charge is 0.489 e. The average molecular weight is 429 g/mol. The number of nitrogens with one attached hydrogen (secondary N) is 1. The third-order valence-corrected chi connectivity index (χ3v) is 4.80. The van der Waals surface area contributed by atoms with E-state index in [2.05, 4.69) is 5.32 Å². The number of hydrogen-bond donors (Lipinski definition) is 1. The van der Waals surface area contributed by atoms with Crippen molar-refractivity contribution in [1.82, 2.24) is 0 Å². The molecule has 0 aromatic heterocycles. The second kappa shape index (κ2) is 8.98. The van der Waals surface area contributed by atoms with Crippen LogP contribution in [0.15, 0.2) is 90.6 Å². The van der Waals surface area contributed by atoms with Crippen LogP contribution in [0.5, 0.6) is 5.75 Å². The molecule has 1 aliphatic heterocycles. The Morgan fingerprint density at radius 3 is 2.22 bits per heavy atom. The van der Waals surface area contributed by atoms with E-state index in [1.54, 1.807) is 0 Å². The Morgan fingerprint density at radius 1 is 0.844 bits per heavy atom. The molecule has 32 heavy (non-hydrogen) atoms. The van der Waals surface area contributed by atoms with E-state index in [1.807, 2.05) is 78.9 Å². The van der Waals surface area contributed by atoms with Crippen LogP contribution >= 0.6 is 0 Å². The van der Waals surface area contributed by atoms with Crippen LogP contribution < -0.4 is 10.1 Å². The first-order valence-electron chi connectivity index (χ1n) is 10.2. The zero-order valence-corrected chi connectivity index (χ0v) is 17.8. The number of carbonyl (C=O) groups is 2. The van der Waals surface area contributed by atoms with Crippen LogP contribution in [-0.2, 0) is 25.7 Å². The molecule has 1 heterocycles. The van der Waals surface area contributed by atoms with Crippen LogP contribution in [-0.4, -0.2) is 17.7 Å². The summed E-state index contributed by atoms with van der Waals surface area (Å²) in [6, 6.07) is 25.5. The number of cyclic esters (lactones) is 2. The minimum Gasteiger partial charge on any atom is -0.489 e. The summed E-state index contributed by atoms with van der Waals surface area (Å²) in [7, 11) is 0. The van der Waals surface area contributed by atoms with Crippen molar-refractivity contribution in [2.75, 3.05) is 5.32 Å². The lowest BCUT2D eigenvalue weighted by atomic mass is 10.1. The molecule has 1 saturated heterocycles. The van der Waals surface area contributed by atoms with Crippen molar-refractivity contribution in [2.24, 2.45) is 0 Å². The lowest BCUT2D eigenvalue weighted by molar-refractivity contribution is -0.222. The van der Waals surface area contributed by atoms with Gasteiger partial charge in [0.2, 0.25) is 0 Å². The highest BCUT2D eigenvalue weighted by Gasteiger charge is 2.38. The van der Waals surface area contributed by atoms with E-state index in [0.717, 1.165) is 22.4 Å². The zero-order valence-electron chi connectivity index (χ0n) is 17.8. The van der Waals surface area contributed by atoms with Gasteiger partial charge in [0.15, 0.2) is 5.57 Å². The predicted molar refractivity (Wildman–Crippen MR) is 121 cm³/mol. The smallest absolute Gasteiger partial charge is 0.350 e. The van der Waals surface area contributed by atoms with Gasteiger partial charge in [-0.25, -0.2) is 9.59 Å². The Labute approximate surface area is 186 Å². The van der Waals surface area contributed by atoms with Crippen molar-refractivity contribution in [2.45, 2.75) is 26.2 Å². The SMILES string of the molecule is CC1(C)OC(=O)C(=CNc2ccc(-c3cccc(OCc4ccccc4)c3)cc2)C(=O)O1. The minimum absolute atomic E-state index is 0.184. The molecule has 0 aliphatic carbocycles. The monoisotopic (exact) mass is 429 g/mol. The Balaban J connectivity index is 1.42. The number of rotatable bonds is 6. The molecule has 0 amide bonds. The molecule has 1 fully saturated rings. The maximum Gasteiger partial charge on any atom is 0.350 e. The molecule has 1 N–H and O–H groups in total. The van der Waals surface area contributed by atoms with Crippen molar-refractivity contribution >= 4 is 17.6 Å². The topological polar surface area (TPSA) is 73.9 Å². The van der Waals surface area contributed by atoms with Gasteiger partial charge in [-0.3, -0.25) is 0 Å². The molecule has 6 heteroatoms. The van der Waals surface area contributed by atoms with Crippen LogP contribution in [0.2, 0.25) is 0 Å². The molecule has 0 radical (unpaired) electrons. The normalized spacial score (nSPS) is 14.9. The fourth-order valence-corrected chi connectivity index (χ4v) is 3.20. The first-order chi connectivity index (χ1) is 15.4. The number of carbonyl (C=O) groups excluding carboxylic acids is 2. The predicted octanol–water partition coefficient (Wildman–Crippen LogP) is 5.06. The summed E-state index contributed by atoms with van der Waals surface area (Å²) in [5.41, 5.74) is 3.66. The molecule has 6 nitrogen and oxygen atoms in total. The van der Waals surface area contributed by atoms with Crippen molar-refractivity contribution in [1.29, 1.82) is 0 Å². The van der Waals surface area contributed by atoms with Gasteiger partial charge in [0.05, 0.1) is 0 Å². The molecule has 0 bridgehead atoms. The molecule has 0 atom stereocenters. The van der Waals surface area contributed by atoms with Gasteiger partial charge in [-0.05, 0) is 41.0 Å². The molecule has 0 saturated carbocycles. The van der Waals surface area contributed by atoms with E-state index in [4.69, 9.17) is 14.2 Å². The molecule has 3 aromatic rings. The van der Waals surface area contributed by atoms with Crippen molar-refractivity contribution < 1.29 is 23.8 Å². The zero-order chi connectivity index (χ0) is 22.6. The third-order valence-electron chi connectivity index (χ3n) is 4.80. The summed E-state index contributed by atoms with van der Waals surface area (Å²) in [5, 5.41) is 2.94. The number of esters is 2. The maximum atomic E-state index is 12.0. The van der Waals surface area contributed by atoms with Gasteiger partial charge in [-0.2, -0.15) is 0 Å². The van der Waals surface area contributed by atoms with Crippen molar-refractivity contribution in [3.05, 3.63) is 96.2 Å². The van der Waals surface area contributed by atoms with Crippen LogP contribution in [0.3, 0.4) is 0 Å². The highest BCUT2D eigenvalue weighted by atomic mass is 16.7. The molecule has 162 valence electrons. The molecule has 1 aliphatic rings. The summed E-state index contributed by atoms with van der Waals surface area (Å²) in [6.45, 7) is 3.52. The lowest BCUT2D eigenvalue weighted by Gasteiger charge is -2.29. The van der Waals surface area contributed by atoms with Crippen molar-refractivity contribution in [3.63, 3.8) is 0 Å². The summed E-state index contributed by atoms with van der Waals surface area (Å²) in [5.74, 6) is -1.91. The van der Waals surface area contributed by atoms with Crippen molar-refractivity contribution in [3.8, 4) is 16.9 Å². The van der Waals surface area contributed by atoms with Crippen LogP contribution in [0, 0.1) is 0 Å². The van der Waals surface area contributed by atoms with E-state index in [9.17, 15) is 9.59 Å². The van der Waals surface area contributed by atoms with Gasteiger partial charge < -0.3 is 19.5 Å². The Kier molecular flexibility index (Phi) is 5.94. The number of anilines is 1. The van der Waals surface area contributed by atoms with Gasteiger partial charge >= 0.3 is 11.9 Å². The second-order valence-electron chi connectivity index (χ2n) is 7.76. The molecular formula is C26H23NO5. The first-order valence-corrected chi connectivity index (χ1v) is 10.2. The van der Waals surface area contributed by atoms with Crippen LogP contribution in [0.1, 0.15) is 19.4 Å². The molecular weight excluding hydrogens is 406 g/mol. The van der Waals surface area contributed by atoms with Crippen LogP contribution in [0.25, 0.3) is 11.1 Å². The Bertz CT molecular complexity index is 1130. The standard InChI is InChI=1S/C26H23NO5/c1-26(2)31-24(28)23(25(29)32-26)16-27-21-13-11-19(12-14-21)20-9-6-10-22(15-20)30-17-18-7-4-3-5-8-18/h3-16,27H,17H2,1-2H3. The quantitative estimate of drug-likeness (QED) is 0.335. The van der Waals surface area contributed by atoms with E-state index in [0.29, 0.717) is 12.3 Å². The number of benzene rings is 3. The molecule has 0 unspecified atom stereocenters. The Hall–Kier alpha value is -4.06. The van der Waals surface area contributed by atoms with Gasteiger partial charge in [-0.15, -0.1) is 0 Å². The number of hydrogen-bond acceptors (Lipinski definition) is 6. The number of ether oxygens (including phenoxy) is 3. The first kappa shape index (κ1) is 21.2. The minimum atomic E-state index is -1.26. The van der Waals surface area contributed by atoms with E-state index >= 15 is 0 Å². The average Bonchev–Trinajstić information content (AvgIpc) is 2.78. The maximum absolute atomic E-state index is 12.0. The highest BCUT2D eigenvalue weighted by molar-refractivity contribution is 6.15. The van der Waals surface area contributed by atoms with E-state index in [-0.39, 0.29) is 5.57 Å². The van der Waals surface area contributed by atoms with Gasteiger partial charge in [0.25, 0.3) is 5.79 Å². The summed E-state index contributed by atoms with van der Waals surface area (Å²) in [4.78, 5) is 24.0.